The standard InChI is InChI=1S/C12H22N2O2.ClH/c1-12(2,16-3)11(15)14-6-8-4-5-10(13)9(8)7-14;/h8-10H,4-7,13H2,1-3H3;1H. The lowest BCUT2D eigenvalue weighted by molar-refractivity contribution is -0.150. The third-order valence-electron chi connectivity index (χ3n) is 4.22. The molecule has 1 amide bonds. The number of nitrogens with two attached hydrogens (primary N) is 1. The molecule has 0 bridgehead atoms. The molecule has 2 aliphatic rings. The molecular formula is C12H23ClN2O2. The number of methoxy groups -OCH3 is 1. The lowest BCUT2D eigenvalue weighted by Gasteiger charge is -2.28. The van der Waals surface area contributed by atoms with E-state index >= 15 is 0 Å². The molecule has 0 aromatic carbocycles. The largest absolute Gasteiger partial charge is 0.369 e. The summed E-state index contributed by atoms with van der Waals surface area (Å²) in [6.45, 7) is 5.33. The monoisotopic (exact) mass is 262 g/mol. The van der Waals surface area contributed by atoms with Crippen molar-refractivity contribution in [2.75, 3.05) is 20.2 Å². The van der Waals surface area contributed by atoms with E-state index in [-0.39, 0.29) is 24.4 Å². The molecule has 100 valence electrons. The molecule has 2 fully saturated rings. The quantitative estimate of drug-likeness (QED) is 0.809. The van der Waals surface area contributed by atoms with Crippen LogP contribution in [0, 0.1) is 11.8 Å². The van der Waals surface area contributed by atoms with Crippen LogP contribution in [0.3, 0.4) is 0 Å². The molecule has 0 spiro atoms. The van der Waals surface area contributed by atoms with Crippen LogP contribution in [0.4, 0.5) is 0 Å². The minimum Gasteiger partial charge on any atom is -0.369 e. The molecule has 1 aliphatic heterocycles. The number of fused-ring (bicyclic) bond motifs is 1. The van der Waals surface area contributed by atoms with Gasteiger partial charge in [-0.1, -0.05) is 0 Å². The predicted molar refractivity (Wildman–Crippen MR) is 69.1 cm³/mol. The van der Waals surface area contributed by atoms with Crippen molar-refractivity contribution in [1.29, 1.82) is 0 Å². The smallest absolute Gasteiger partial charge is 0.254 e. The highest BCUT2D eigenvalue weighted by atomic mass is 35.5. The zero-order chi connectivity index (χ0) is 11.9. The van der Waals surface area contributed by atoms with Gasteiger partial charge in [0.2, 0.25) is 0 Å². The van der Waals surface area contributed by atoms with Gasteiger partial charge >= 0.3 is 0 Å². The van der Waals surface area contributed by atoms with Gasteiger partial charge in [0.1, 0.15) is 5.60 Å². The lowest BCUT2D eigenvalue weighted by Crippen LogP contribution is -2.46. The number of nitrogens with zero attached hydrogens (tertiary/aromatic N) is 1. The van der Waals surface area contributed by atoms with E-state index in [0.717, 1.165) is 19.5 Å². The molecule has 1 aliphatic carbocycles. The summed E-state index contributed by atoms with van der Waals surface area (Å²) in [6.07, 6.45) is 2.29. The Bertz CT molecular complexity index is 296. The number of likely N-dealkylation sites (tertiary alicyclic amines) is 1. The van der Waals surface area contributed by atoms with Gasteiger partial charge in [0, 0.05) is 26.2 Å². The highest BCUT2D eigenvalue weighted by molar-refractivity contribution is 5.85. The van der Waals surface area contributed by atoms with E-state index in [4.69, 9.17) is 10.5 Å². The maximum atomic E-state index is 12.2. The SMILES string of the molecule is COC(C)(C)C(=O)N1CC2CCC(N)C2C1.Cl. The third kappa shape index (κ3) is 2.59. The summed E-state index contributed by atoms with van der Waals surface area (Å²) in [5.41, 5.74) is 5.35. The molecule has 0 aromatic heterocycles. The minimum atomic E-state index is -0.706. The molecule has 1 saturated carbocycles. The van der Waals surface area contributed by atoms with E-state index in [2.05, 4.69) is 0 Å². The maximum absolute atomic E-state index is 12.2. The van der Waals surface area contributed by atoms with E-state index in [1.807, 2.05) is 18.7 Å². The first kappa shape index (κ1) is 14.7. The first-order valence-electron chi connectivity index (χ1n) is 6.06. The highest BCUT2D eigenvalue weighted by Crippen LogP contribution is 2.37. The van der Waals surface area contributed by atoms with E-state index < -0.39 is 5.60 Å². The second-order valence-corrected chi connectivity index (χ2v) is 5.59. The molecule has 0 aromatic rings. The Labute approximate surface area is 109 Å². The number of carbonyl (C=O) groups is 1. The van der Waals surface area contributed by atoms with Crippen molar-refractivity contribution < 1.29 is 9.53 Å². The summed E-state index contributed by atoms with van der Waals surface area (Å²) in [7, 11) is 1.58. The van der Waals surface area contributed by atoms with Crippen LogP contribution in [-0.4, -0.2) is 42.6 Å². The van der Waals surface area contributed by atoms with E-state index in [1.165, 1.54) is 6.42 Å². The van der Waals surface area contributed by atoms with Crippen LogP contribution in [0.15, 0.2) is 0 Å². The molecule has 3 unspecified atom stereocenters. The highest BCUT2D eigenvalue weighted by Gasteiger charge is 2.45. The molecule has 5 heteroatoms. The fraction of sp³-hybridized carbons (Fsp3) is 0.917. The fourth-order valence-electron chi connectivity index (χ4n) is 2.94. The van der Waals surface area contributed by atoms with E-state index in [1.54, 1.807) is 7.11 Å². The van der Waals surface area contributed by atoms with Gasteiger partial charge < -0.3 is 15.4 Å². The molecule has 3 atom stereocenters. The Morgan fingerprint density at radius 1 is 1.35 bits per heavy atom. The van der Waals surface area contributed by atoms with Gasteiger partial charge in [0.05, 0.1) is 0 Å². The van der Waals surface area contributed by atoms with Crippen LogP contribution in [-0.2, 0) is 9.53 Å². The zero-order valence-electron chi connectivity index (χ0n) is 10.8. The first-order chi connectivity index (χ1) is 7.45. The number of carbonyl (C=O) groups excluding carboxylic acids is 1. The van der Waals surface area contributed by atoms with Gasteiger partial charge in [-0.15, -0.1) is 12.4 Å². The Morgan fingerprint density at radius 2 is 2.00 bits per heavy atom. The summed E-state index contributed by atoms with van der Waals surface area (Å²) in [5, 5.41) is 0. The molecule has 1 heterocycles. The van der Waals surface area contributed by atoms with Gasteiger partial charge in [0.25, 0.3) is 5.91 Å². The van der Waals surface area contributed by atoms with Crippen molar-refractivity contribution in [3.05, 3.63) is 0 Å². The lowest BCUT2D eigenvalue weighted by atomic mass is 9.98. The molecular weight excluding hydrogens is 240 g/mol. The summed E-state index contributed by atoms with van der Waals surface area (Å²) < 4.78 is 5.24. The Hall–Kier alpha value is -0.320. The number of rotatable bonds is 2. The fourth-order valence-corrected chi connectivity index (χ4v) is 2.94. The average Bonchev–Trinajstić information content (AvgIpc) is 2.80. The number of hydrogen-bond acceptors (Lipinski definition) is 3. The van der Waals surface area contributed by atoms with Crippen molar-refractivity contribution in [1.82, 2.24) is 4.90 Å². The minimum absolute atomic E-state index is 0. The summed E-state index contributed by atoms with van der Waals surface area (Å²) in [6, 6.07) is 0.286. The number of ether oxygens (including phenoxy) is 1. The Balaban J connectivity index is 0.00000144. The van der Waals surface area contributed by atoms with E-state index in [9.17, 15) is 4.79 Å². The molecule has 0 radical (unpaired) electrons. The molecule has 2 N–H and O–H groups in total. The van der Waals surface area contributed by atoms with Crippen molar-refractivity contribution in [2.24, 2.45) is 17.6 Å². The second kappa shape index (κ2) is 5.12. The summed E-state index contributed by atoms with van der Waals surface area (Å²) >= 11 is 0. The molecule has 2 rings (SSSR count). The first-order valence-corrected chi connectivity index (χ1v) is 6.06. The predicted octanol–water partition coefficient (Wildman–Crippen LogP) is 1.03. The van der Waals surface area contributed by atoms with Gasteiger partial charge in [-0.3, -0.25) is 4.79 Å². The van der Waals surface area contributed by atoms with Crippen LogP contribution in [0.5, 0.6) is 0 Å². The van der Waals surface area contributed by atoms with Gasteiger partial charge in [-0.2, -0.15) is 0 Å². The third-order valence-corrected chi connectivity index (χ3v) is 4.22. The molecule has 1 saturated heterocycles. The van der Waals surface area contributed by atoms with Crippen molar-refractivity contribution >= 4 is 18.3 Å². The van der Waals surface area contributed by atoms with Crippen molar-refractivity contribution in [2.45, 2.75) is 38.3 Å². The van der Waals surface area contributed by atoms with Gasteiger partial charge in [-0.25, -0.2) is 0 Å². The van der Waals surface area contributed by atoms with Crippen molar-refractivity contribution in [3.63, 3.8) is 0 Å². The summed E-state index contributed by atoms with van der Waals surface area (Å²) in [4.78, 5) is 14.1. The van der Waals surface area contributed by atoms with Gasteiger partial charge in [-0.05, 0) is 38.5 Å². The molecule has 17 heavy (non-hydrogen) atoms. The maximum Gasteiger partial charge on any atom is 0.254 e. The van der Waals surface area contributed by atoms with Crippen LogP contribution in [0.1, 0.15) is 26.7 Å². The average molecular weight is 263 g/mol. The van der Waals surface area contributed by atoms with Crippen LogP contribution < -0.4 is 5.73 Å². The van der Waals surface area contributed by atoms with Crippen LogP contribution >= 0.6 is 12.4 Å². The van der Waals surface area contributed by atoms with Crippen LogP contribution in [0.25, 0.3) is 0 Å². The van der Waals surface area contributed by atoms with Crippen molar-refractivity contribution in [3.8, 4) is 0 Å². The number of hydrogen-bond donors (Lipinski definition) is 1. The number of amides is 1. The Kier molecular flexibility index (Phi) is 4.44. The second-order valence-electron chi connectivity index (χ2n) is 5.59. The Morgan fingerprint density at radius 3 is 2.53 bits per heavy atom. The van der Waals surface area contributed by atoms with Crippen LogP contribution in [0.2, 0.25) is 0 Å². The zero-order valence-corrected chi connectivity index (χ0v) is 11.6. The summed E-state index contributed by atoms with van der Waals surface area (Å²) in [5.74, 6) is 1.22. The normalized spacial score (nSPS) is 32.2. The number of halogens is 1. The topological polar surface area (TPSA) is 55.6 Å². The van der Waals surface area contributed by atoms with Gasteiger partial charge in [0.15, 0.2) is 0 Å². The van der Waals surface area contributed by atoms with E-state index in [0.29, 0.717) is 11.8 Å². The molecule has 4 nitrogen and oxygen atoms in total.